The molecule has 0 fully saturated rings. The summed E-state index contributed by atoms with van der Waals surface area (Å²) in [6, 6.07) is 1.85. The molecule has 1 aromatic heterocycles. The number of carbonyl (C=O) groups excluding carboxylic acids is 1. The molecule has 0 aliphatic heterocycles. The van der Waals surface area contributed by atoms with Crippen LogP contribution in [0.2, 0.25) is 0 Å². The van der Waals surface area contributed by atoms with Gasteiger partial charge >= 0.3 is 0 Å². The van der Waals surface area contributed by atoms with Gasteiger partial charge in [0, 0.05) is 13.2 Å². The Morgan fingerprint density at radius 2 is 2.17 bits per heavy atom. The molecule has 1 aromatic rings. The fourth-order valence-electron chi connectivity index (χ4n) is 0.813. The minimum absolute atomic E-state index is 0.152. The van der Waals surface area contributed by atoms with Crippen LogP contribution >= 0.6 is 0 Å². The zero-order chi connectivity index (χ0) is 9.56. The molecule has 0 aromatic carbocycles. The highest BCUT2D eigenvalue weighted by Crippen LogP contribution is 1.94. The van der Waals surface area contributed by atoms with E-state index in [1.807, 2.05) is 33.2 Å². The molecular weight excluding hydrogens is 152 g/mol. The number of nitrogens with zero attached hydrogens (tertiary/aromatic N) is 2. The van der Waals surface area contributed by atoms with Crippen molar-refractivity contribution in [1.29, 1.82) is 0 Å². The zero-order valence-corrected chi connectivity index (χ0v) is 8.16. The fourth-order valence-corrected chi connectivity index (χ4v) is 0.813. The summed E-state index contributed by atoms with van der Waals surface area (Å²) in [4.78, 5) is 10.6. The van der Waals surface area contributed by atoms with Gasteiger partial charge in [0.05, 0.1) is 12.1 Å². The molecular formula is C9H16N2O. The van der Waals surface area contributed by atoms with Crippen molar-refractivity contribution in [3.63, 3.8) is 0 Å². The average Bonchev–Trinajstić information content (AvgIpc) is 2.39. The van der Waals surface area contributed by atoms with Gasteiger partial charge in [-0.05, 0) is 13.0 Å². The van der Waals surface area contributed by atoms with Gasteiger partial charge in [0.1, 0.15) is 5.78 Å². The van der Waals surface area contributed by atoms with Gasteiger partial charge in [-0.3, -0.25) is 9.48 Å². The quantitative estimate of drug-likeness (QED) is 0.672. The second-order valence-corrected chi connectivity index (χ2v) is 2.36. The minimum atomic E-state index is 0.152. The number of hydrogen-bond donors (Lipinski definition) is 0. The van der Waals surface area contributed by atoms with Gasteiger partial charge in [-0.2, -0.15) is 5.10 Å². The van der Waals surface area contributed by atoms with Crippen molar-refractivity contribution in [3.05, 3.63) is 18.0 Å². The van der Waals surface area contributed by atoms with E-state index in [9.17, 15) is 4.79 Å². The third kappa shape index (κ3) is 3.91. The summed E-state index contributed by atoms with van der Waals surface area (Å²) in [5.74, 6) is 0.152. The predicted molar refractivity (Wildman–Crippen MR) is 48.9 cm³/mol. The molecule has 3 nitrogen and oxygen atoms in total. The maximum absolute atomic E-state index is 10.6. The molecule has 0 N–H and O–H groups in total. The largest absolute Gasteiger partial charge is 0.300 e. The van der Waals surface area contributed by atoms with Gasteiger partial charge < -0.3 is 0 Å². The first-order valence-electron chi connectivity index (χ1n) is 4.16. The van der Waals surface area contributed by atoms with Gasteiger partial charge in [0.2, 0.25) is 0 Å². The van der Waals surface area contributed by atoms with E-state index < -0.39 is 0 Å². The summed E-state index contributed by atoms with van der Waals surface area (Å²) in [7, 11) is 1.84. The number of ketones is 1. The SMILES string of the molecule is CC.CC(=O)Cc1ccn(C)n1. The van der Waals surface area contributed by atoms with Crippen LogP contribution in [0.4, 0.5) is 0 Å². The van der Waals surface area contributed by atoms with E-state index in [0.29, 0.717) is 6.42 Å². The number of aryl methyl sites for hydroxylation is 1. The topological polar surface area (TPSA) is 34.9 Å². The van der Waals surface area contributed by atoms with Crippen LogP contribution in [0.1, 0.15) is 26.5 Å². The number of rotatable bonds is 2. The molecule has 0 aliphatic rings. The molecule has 12 heavy (non-hydrogen) atoms. The molecule has 0 atom stereocenters. The molecule has 3 heteroatoms. The Balaban J connectivity index is 0.000000561. The van der Waals surface area contributed by atoms with Crippen molar-refractivity contribution in [2.75, 3.05) is 0 Å². The minimum Gasteiger partial charge on any atom is -0.300 e. The van der Waals surface area contributed by atoms with Crippen LogP contribution in [0.15, 0.2) is 12.3 Å². The molecule has 0 aliphatic carbocycles. The average molecular weight is 168 g/mol. The number of Topliss-reactive ketones (excluding diaryl/α,β-unsaturated/α-hetero) is 1. The van der Waals surface area contributed by atoms with Gasteiger partial charge in [-0.25, -0.2) is 0 Å². The Morgan fingerprint density at radius 1 is 1.58 bits per heavy atom. The van der Waals surface area contributed by atoms with Crippen molar-refractivity contribution >= 4 is 5.78 Å². The smallest absolute Gasteiger partial charge is 0.135 e. The van der Waals surface area contributed by atoms with E-state index >= 15 is 0 Å². The highest BCUT2D eigenvalue weighted by atomic mass is 16.1. The van der Waals surface area contributed by atoms with Crippen molar-refractivity contribution in [3.8, 4) is 0 Å². The van der Waals surface area contributed by atoms with Crippen molar-refractivity contribution in [1.82, 2.24) is 9.78 Å². The van der Waals surface area contributed by atoms with Crippen LogP contribution in [-0.2, 0) is 18.3 Å². The third-order valence-electron chi connectivity index (χ3n) is 1.20. The van der Waals surface area contributed by atoms with Gasteiger partial charge in [-0.1, -0.05) is 13.8 Å². The Labute approximate surface area is 73.4 Å². The highest BCUT2D eigenvalue weighted by Gasteiger charge is 1.98. The third-order valence-corrected chi connectivity index (χ3v) is 1.20. The summed E-state index contributed by atoms with van der Waals surface area (Å²) < 4.78 is 1.69. The fraction of sp³-hybridized carbons (Fsp3) is 0.556. The van der Waals surface area contributed by atoms with E-state index in [0.717, 1.165) is 5.69 Å². The summed E-state index contributed by atoms with van der Waals surface area (Å²) >= 11 is 0. The molecule has 68 valence electrons. The van der Waals surface area contributed by atoms with E-state index in [2.05, 4.69) is 5.10 Å². The van der Waals surface area contributed by atoms with Gasteiger partial charge in [0.15, 0.2) is 0 Å². The first-order valence-corrected chi connectivity index (χ1v) is 4.16. The monoisotopic (exact) mass is 168 g/mol. The lowest BCUT2D eigenvalue weighted by molar-refractivity contribution is -0.116. The lowest BCUT2D eigenvalue weighted by atomic mass is 10.2. The predicted octanol–water partition coefficient (Wildman–Crippen LogP) is 1.58. The Kier molecular flexibility index (Phi) is 5.00. The van der Waals surface area contributed by atoms with Crippen LogP contribution in [0, 0.1) is 0 Å². The molecule has 1 rings (SSSR count). The molecule has 1 heterocycles. The van der Waals surface area contributed by atoms with E-state index in [1.54, 1.807) is 11.6 Å². The standard InChI is InChI=1S/C7H10N2O.C2H6/c1-6(10)5-7-3-4-9(2)8-7;1-2/h3-4H,5H2,1-2H3;1-2H3. The first-order chi connectivity index (χ1) is 5.68. The summed E-state index contributed by atoms with van der Waals surface area (Å²) in [6.45, 7) is 5.56. The van der Waals surface area contributed by atoms with E-state index in [4.69, 9.17) is 0 Å². The van der Waals surface area contributed by atoms with E-state index in [1.165, 1.54) is 0 Å². The maximum Gasteiger partial charge on any atom is 0.135 e. The summed E-state index contributed by atoms with van der Waals surface area (Å²) in [5.41, 5.74) is 0.843. The highest BCUT2D eigenvalue weighted by molar-refractivity contribution is 5.77. The maximum atomic E-state index is 10.6. The Morgan fingerprint density at radius 3 is 2.50 bits per heavy atom. The van der Waals surface area contributed by atoms with E-state index in [-0.39, 0.29) is 5.78 Å². The zero-order valence-electron chi connectivity index (χ0n) is 8.16. The first kappa shape index (κ1) is 10.9. The number of aromatic nitrogens is 2. The van der Waals surface area contributed by atoms with Crippen LogP contribution in [0.5, 0.6) is 0 Å². The van der Waals surface area contributed by atoms with Crippen molar-refractivity contribution in [2.45, 2.75) is 27.2 Å². The van der Waals surface area contributed by atoms with Crippen LogP contribution in [0.25, 0.3) is 0 Å². The molecule has 0 saturated carbocycles. The van der Waals surface area contributed by atoms with Gasteiger partial charge in [0.25, 0.3) is 0 Å². The molecule has 0 unspecified atom stereocenters. The van der Waals surface area contributed by atoms with Crippen LogP contribution in [-0.4, -0.2) is 15.6 Å². The Bertz CT molecular complexity index is 240. The number of hydrogen-bond acceptors (Lipinski definition) is 2. The lowest BCUT2D eigenvalue weighted by Crippen LogP contribution is -1.98. The number of carbonyl (C=O) groups is 1. The van der Waals surface area contributed by atoms with Gasteiger partial charge in [-0.15, -0.1) is 0 Å². The molecule has 0 saturated heterocycles. The van der Waals surface area contributed by atoms with Crippen molar-refractivity contribution in [2.24, 2.45) is 7.05 Å². The molecule has 0 amide bonds. The molecule has 0 radical (unpaired) electrons. The summed E-state index contributed by atoms with van der Waals surface area (Å²) in [5, 5.41) is 4.05. The second-order valence-electron chi connectivity index (χ2n) is 2.36. The molecule has 0 bridgehead atoms. The summed E-state index contributed by atoms with van der Waals surface area (Å²) in [6.07, 6.45) is 2.28. The molecule has 0 spiro atoms. The van der Waals surface area contributed by atoms with Crippen LogP contribution in [0.3, 0.4) is 0 Å². The van der Waals surface area contributed by atoms with Crippen LogP contribution < -0.4 is 0 Å². The normalized spacial score (nSPS) is 8.67. The second kappa shape index (κ2) is 5.52. The Hall–Kier alpha value is -1.12. The van der Waals surface area contributed by atoms with Crippen molar-refractivity contribution < 1.29 is 4.79 Å². The lowest BCUT2D eigenvalue weighted by Gasteiger charge is -1.87.